The second kappa shape index (κ2) is 6.37. The second-order valence-electron chi connectivity index (χ2n) is 7.82. The van der Waals surface area contributed by atoms with Gasteiger partial charge < -0.3 is 15.2 Å². The van der Waals surface area contributed by atoms with Gasteiger partial charge >= 0.3 is 0 Å². The number of anilines is 1. The first kappa shape index (κ1) is 15.8. The van der Waals surface area contributed by atoms with Crippen molar-refractivity contribution in [3.63, 3.8) is 0 Å². The van der Waals surface area contributed by atoms with Gasteiger partial charge in [-0.25, -0.2) is 15.0 Å². The zero-order chi connectivity index (χ0) is 17.5. The Hall–Kier alpha value is -2.44. The smallest absolute Gasteiger partial charge is 0.223 e. The molecule has 2 aromatic rings. The second-order valence-corrected chi connectivity index (χ2v) is 7.82. The van der Waals surface area contributed by atoms with E-state index < -0.39 is 0 Å². The quantitative estimate of drug-likeness (QED) is 0.826. The molecule has 4 atom stereocenters. The molecule has 3 heterocycles. The van der Waals surface area contributed by atoms with E-state index in [-0.39, 0.29) is 11.8 Å². The molecule has 7 nitrogen and oxygen atoms in total. The van der Waals surface area contributed by atoms with Gasteiger partial charge in [0.1, 0.15) is 11.8 Å². The number of nitrogens with one attached hydrogen (secondary N) is 2. The summed E-state index contributed by atoms with van der Waals surface area (Å²) in [5, 5.41) is 3.40. The number of nitrogens with zero attached hydrogens (tertiary/aromatic N) is 4. The van der Waals surface area contributed by atoms with Crippen LogP contribution in [0, 0.1) is 17.8 Å². The normalized spacial score (nSPS) is 30.7. The molecule has 1 saturated heterocycles. The Balaban J connectivity index is 1.31. The number of H-pyrrole nitrogens is 1. The molecule has 0 radical (unpaired) electrons. The van der Waals surface area contributed by atoms with E-state index >= 15 is 0 Å². The molecule has 2 aromatic heterocycles. The zero-order valence-electron chi connectivity index (χ0n) is 14.8. The molecule has 1 amide bonds. The summed E-state index contributed by atoms with van der Waals surface area (Å²) < 4.78 is 0. The summed E-state index contributed by atoms with van der Waals surface area (Å²) in [5.74, 6) is 2.33. The van der Waals surface area contributed by atoms with Gasteiger partial charge in [-0.3, -0.25) is 4.79 Å². The van der Waals surface area contributed by atoms with Crippen molar-refractivity contribution in [2.45, 2.75) is 38.1 Å². The van der Waals surface area contributed by atoms with Crippen LogP contribution in [0.1, 0.15) is 32.1 Å². The average Bonchev–Trinajstić information content (AvgIpc) is 3.24. The number of carbonyl (C=O) groups excluding carboxylic acids is 1. The van der Waals surface area contributed by atoms with E-state index in [1.807, 2.05) is 0 Å². The fraction of sp³-hybridized carbons (Fsp3) is 0.579. The van der Waals surface area contributed by atoms with E-state index in [1.54, 1.807) is 12.7 Å². The zero-order valence-corrected chi connectivity index (χ0v) is 14.8. The van der Waals surface area contributed by atoms with Gasteiger partial charge in [0, 0.05) is 25.0 Å². The lowest BCUT2D eigenvalue weighted by atomic mass is 9.89. The SMILES string of the molecule is O=C(NC1[C@@H]2CC[C@H]1CN(c1ncnc3nc[nH]c13)C2)C1CC=CCC1. The third-order valence-corrected chi connectivity index (χ3v) is 6.29. The summed E-state index contributed by atoms with van der Waals surface area (Å²) >= 11 is 0. The van der Waals surface area contributed by atoms with Crippen molar-refractivity contribution in [1.82, 2.24) is 25.3 Å². The maximum atomic E-state index is 12.7. The third-order valence-electron chi connectivity index (χ3n) is 6.29. The molecule has 2 bridgehead atoms. The Morgan fingerprint density at radius 2 is 1.96 bits per heavy atom. The lowest BCUT2D eigenvalue weighted by Gasteiger charge is -2.39. The number of carbonyl (C=O) groups is 1. The van der Waals surface area contributed by atoms with Crippen LogP contribution in [0.5, 0.6) is 0 Å². The fourth-order valence-electron chi connectivity index (χ4n) is 4.94. The minimum absolute atomic E-state index is 0.156. The Morgan fingerprint density at radius 3 is 2.73 bits per heavy atom. The van der Waals surface area contributed by atoms with Crippen molar-refractivity contribution in [1.29, 1.82) is 0 Å². The van der Waals surface area contributed by atoms with Crippen LogP contribution in [0.25, 0.3) is 11.2 Å². The van der Waals surface area contributed by atoms with Crippen LogP contribution in [0.15, 0.2) is 24.8 Å². The summed E-state index contributed by atoms with van der Waals surface area (Å²) in [6.07, 6.45) is 12.8. The number of amides is 1. The maximum absolute atomic E-state index is 12.7. The first-order valence-electron chi connectivity index (χ1n) is 9.64. The molecule has 7 heteroatoms. The van der Waals surface area contributed by atoms with Gasteiger partial charge in [-0.15, -0.1) is 0 Å². The highest BCUT2D eigenvalue weighted by Crippen LogP contribution is 2.39. The molecule has 2 aliphatic carbocycles. The fourth-order valence-corrected chi connectivity index (χ4v) is 4.94. The number of rotatable bonds is 3. The number of aromatic amines is 1. The number of aromatic nitrogens is 4. The van der Waals surface area contributed by atoms with Crippen LogP contribution in [-0.2, 0) is 4.79 Å². The van der Waals surface area contributed by atoms with Gasteiger partial charge in [0.15, 0.2) is 11.5 Å². The predicted octanol–water partition coefficient (Wildman–Crippen LogP) is 2.04. The monoisotopic (exact) mass is 352 g/mol. The first-order valence-corrected chi connectivity index (χ1v) is 9.64. The highest BCUT2D eigenvalue weighted by Gasteiger charge is 2.44. The summed E-state index contributed by atoms with van der Waals surface area (Å²) in [6, 6.07) is 0.309. The molecule has 1 aliphatic heterocycles. The number of hydrogen-bond donors (Lipinski definition) is 2. The molecule has 2 N–H and O–H groups in total. The average molecular weight is 352 g/mol. The van der Waals surface area contributed by atoms with Crippen molar-refractivity contribution in [2.24, 2.45) is 17.8 Å². The standard InChI is InChI=1S/C19H24N6O/c26-19(12-4-2-1-3-5-12)24-15-13-6-7-14(15)9-25(8-13)18-16-17(21-10-20-16)22-11-23-18/h1-2,10-15H,3-9H2,(H,24,26)(H,20,21,22,23)/t12?,13-,14+,15?. The van der Waals surface area contributed by atoms with E-state index in [0.717, 1.165) is 43.7 Å². The molecule has 5 rings (SSSR count). The molecule has 2 unspecified atom stereocenters. The topological polar surface area (TPSA) is 86.8 Å². The third kappa shape index (κ3) is 2.66. The van der Waals surface area contributed by atoms with Crippen molar-refractivity contribution >= 4 is 22.9 Å². The predicted molar refractivity (Wildman–Crippen MR) is 98.5 cm³/mol. The van der Waals surface area contributed by atoms with E-state index in [9.17, 15) is 4.79 Å². The summed E-state index contributed by atoms with van der Waals surface area (Å²) in [4.78, 5) is 31.2. The number of hydrogen-bond acceptors (Lipinski definition) is 5. The molecule has 0 spiro atoms. The lowest BCUT2D eigenvalue weighted by Crippen LogP contribution is -2.54. The van der Waals surface area contributed by atoms with Crippen molar-refractivity contribution in [3.8, 4) is 0 Å². The van der Waals surface area contributed by atoms with Crippen LogP contribution in [0.4, 0.5) is 5.82 Å². The Labute approximate surface area is 152 Å². The summed E-state index contributed by atoms with van der Waals surface area (Å²) in [6.45, 7) is 1.86. The van der Waals surface area contributed by atoms with Gasteiger partial charge in [-0.2, -0.15) is 0 Å². The molecule has 1 saturated carbocycles. The van der Waals surface area contributed by atoms with Gasteiger partial charge in [0.2, 0.25) is 5.91 Å². The molecule has 3 aliphatic rings. The highest BCUT2D eigenvalue weighted by molar-refractivity contribution is 5.83. The highest BCUT2D eigenvalue weighted by atomic mass is 16.2. The van der Waals surface area contributed by atoms with Gasteiger partial charge in [-0.1, -0.05) is 12.2 Å². The Morgan fingerprint density at radius 1 is 1.12 bits per heavy atom. The number of fused-ring (bicyclic) bond motifs is 3. The lowest BCUT2D eigenvalue weighted by molar-refractivity contribution is -0.126. The van der Waals surface area contributed by atoms with Crippen LogP contribution < -0.4 is 10.2 Å². The van der Waals surface area contributed by atoms with Crippen LogP contribution in [-0.4, -0.2) is 45.0 Å². The number of imidazole rings is 1. The van der Waals surface area contributed by atoms with Crippen molar-refractivity contribution in [2.75, 3.05) is 18.0 Å². The van der Waals surface area contributed by atoms with Crippen LogP contribution in [0.2, 0.25) is 0 Å². The number of allylic oxidation sites excluding steroid dienone is 2. The Bertz CT molecular complexity index is 831. The van der Waals surface area contributed by atoms with Crippen LogP contribution in [0.3, 0.4) is 0 Å². The van der Waals surface area contributed by atoms with Crippen LogP contribution >= 0.6 is 0 Å². The Kier molecular flexibility index (Phi) is 3.87. The van der Waals surface area contributed by atoms with Gasteiger partial charge in [0.05, 0.1) is 6.33 Å². The van der Waals surface area contributed by atoms with Crippen molar-refractivity contribution < 1.29 is 4.79 Å². The minimum Gasteiger partial charge on any atom is -0.354 e. The minimum atomic E-state index is 0.156. The maximum Gasteiger partial charge on any atom is 0.223 e. The molecule has 2 fully saturated rings. The van der Waals surface area contributed by atoms with Gasteiger partial charge in [-0.05, 0) is 43.9 Å². The van der Waals surface area contributed by atoms with E-state index in [2.05, 4.69) is 42.3 Å². The van der Waals surface area contributed by atoms with Crippen molar-refractivity contribution in [3.05, 3.63) is 24.8 Å². The van der Waals surface area contributed by atoms with E-state index in [1.165, 1.54) is 12.8 Å². The molecule has 26 heavy (non-hydrogen) atoms. The molecule has 0 aromatic carbocycles. The number of piperidine rings is 1. The first-order chi connectivity index (χ1) is 12.8. The van der Waals surface area contributed by atoms with Gasteiger partial charge in [0.25, 0.3) is 0 Å². The van der Waals surface area contributed by atoms with E-state index in [0.29, 0.717) is 23.5 Å². The molecule has 136 valence electrons. The summed E-state index contributed by atoms with van der Waals surface area (Å²) in [5.41, 5.74) is 1.62. The largest absolute Gasteiger partial charge is 0.354 e. The molecular formula is C19H24N6O. The summed E-state index contributed by atoms with van der Waals surface area (Å²) in [7, 11) is 0. The molecular weight excluding hydrogens is 328 g/mol. The van der Waals surface area contributed by atoms with E-state index in [4.69, 9.17) is 0 Å².